The molecule has 0 saturated heterocycles. The third-order valence-electron chi connectivity index (χ3n) is 4.45. The Hall–Kier alpha value is -2.38. The summed E-state index contributed by atoms with van der Waals surface area (Å²) in [6, 6.07) is 0. The first-order valence-electron chi connectivity index (χ1n) is 8.48. The lowest BCUT2D eigenvalue weighted by Gasteiger charge is -2.20. The summed E-state index contributed by atoms with van der Waals surface area (Å²) in [4.78, 5) is 48.0. The number of esters is 4. The van der Waals surface area contributed by atoms with Crippen LogP contribution in [0.3, 0.4) is 0 Å². The molecule has 0 aliphatic heterocycles. The number of carbonyl (C=O) groups is 4. The van der Waals surface area contributed by atoms with Crippen LogP contribution in [0.2, 0.25) is 0 Å². The number of hydrogen-bond acceptors (Lipinski definition) is 8. The Bertz CT molecular complexity index is 626. The molecule has 27 heavy (non-hydrogen) atoms. The van der Waals surface area contributed by atoms with E-state index in [0.29, 0.717) is 0 Å². The number of rotatable bonds is 8. The number of hydrogen-bond donors (Lipinski definition) is 0. The molecule has 1 rings (SSSR count). The molecule has 0 atom stereocenters. The molecule has 0 spiro atoms. The minimum absolute atomic E-state index is 0.185. The van der Waals surface area contributed by atoms with Crippen molar-refractivity contribution in [2.75, 3.05) is 27.4 Å². The summed E-state index contributed by atoms with van der Waals surface area (Å²) in [6.07, 6.45) is 0. The van der Waals surface area contributed by atoms with Gasteiger partial charge in [0.15, 0.2) is 0 Å². The molecule has 152 valence electrons. The largest absolute Gasteiger partial charge is 0.469 e. The lowest BCUT2D eigenvalue weighted by molar-refractivity contribution is -0.159. The summed E-state index contributed by atoms with van der Waals surface area (Å²) in [5.74, 6) is -2.39. The molecule has 0 heterocycles. The maximum absolute atomic E-state index is 12.3. The Kier molecular flexibility index (Phi) is 6.46. The molecule has 0 aromatic carbocycles. The third kappa shape index (κ3) is 4.87. The molecule has 0 aromatic heterocycles. The van der Waals surface area contributed by atoms with Crippen molar-refractivity contribution in [3.05, 3.63) is 11.1 Å². The summed E-state index contributed by atoms with van der Waals surface area (Å²) in [5, 5.41) is 0. The summed E-state index contributed by atoms with van der Waals surface area (Å²) in [5.41, 5.74) is -2.41. The first kappa shape index (κ1) is 22.7. The Balaban J connectivity index is 2.77. The average Bonchev–Trinajstić information content (AvgIpc) is 3.18. The number of ether oxygens (including phenoxy) is 4. The molecule has 0 fully saturated rings. The van der Waals surface area contributed by atoms with Gasteiger partial charge in [-0.25, -0.2) is 9.59 Å². The SMILES string of the molecule is COC(=O)C(C)(C)COC(=O)C1=C(C(=O)OCC(C)(C)C(=O)OC)C1(C)C. The second-order valence-corrected chi connectivity index (χ2v) is 8.28. The van der Waals surface area contributed by atoms with Gasteiger partial charge in [-0.2, -0.15) is 0 Å². The molecular weight excluding hydrogens is 356 g/mol. The molecule has 0 saturated carbocycles. The maximum atomic E-state index is 12.3. The number of carbonyl (C=O) groups excluding carboxylic acids is 4. The summed E-state index contributed by atoms with van der Waals surface area (Å²) < 4.78 is 19.7. The Labute approximate surface area is 159 Å². The lowest BCUT2D eigenvalue weighted by Crippen LogP contribution is -2.32. The van der Waals surface area contributed by atoms with Gasteiger partial charge in [-0.15, -0.1) is 0 Å². The Morgan fingerprint density at radius 2 is 1.04 bits per heavy atom. The minimum atomic E-state index is -1.00. The van der Waals surface area contributed by atoms with E-state index in [-0.39, 0.29) is 24.4 Å². The van der Waals surface area contributed by atoms with Crippen LogP contribution in [0.1, 0.15) is 41.5 Å². The Morgan fingerprint density at radius 1 is 0.741 bits per heavy atom. The fourth-order valence-corrected chi connectivity index (χ4v) is 2.49. The summed E-state index contributed by atoms with van der Waals surface area (Å²) >= 11 is 0. The van der Waals surface area contributed by atoms with Gasteiger partial charge in [0.05, 0.1) is 36.2 Å². The highest BCUT2D eigenvalue weighted by atomic mass is 16.6. The molecule has 1 aliphatic rings. The monoisotopic (exact) mass is 384 g/mol. The molecule has 8 nitrogen and oxygen atoms in total. The highest BCUT2D eigenvalue weighted by Crippen LogP contribution is 2.53. The van der Waals surface area contributed by atoms with E-state index in [1.54, 1.807) is 41.5 Å². The van der Waals surface area contributed by atoms with Crippen LogP contribution in [0.5, 0.6) is 0 Å². The first-order chi connectivity index (χ1) is 12.2. The summed E-state index contributed by atoms with van der Waals surface area (Å²) in [7, 11) is 2.50. The van der Waals surface area contributed by atoms with Crippen LogP contribution in [0.25, 0.3) is 0 Å². The van der Waals surface area contributed by atoms with Crippen molar-refractivity contribution in [3.8, 4) is 0 Å². The highest BCUT2D eigenvalue weighted by molar-refractivity contribution is 6.11. The van der Waals surface area contributed by atoms with Crippen LogP contribution in [-0.2, 0) is 38.1 Å². The van der Waals surface area contributed by atoms with Crippen LogP contribution >= 0.6 is 0 Å². The van der Waals surface area contributed by atoms with E-state index in [9.17, 15) is 19.2 Å². The molecule has 0 radical (unpaired) electrons. The zero-order valence-electron chi connectivity index (χ0n) is 17.2. The molecular formula is C19H28O8. The van der Waals surface area contributed by atoms with Gasteiger partial charge in [0.25, 0.3) is 0 Å². The standard InChI is InChI=1S/C19H28O8/c1-17(2,15(22)24-7)9-26-13(20)11-12(19(11,5)6)14(21)27-10-18(3,4)16(23)25-8/h9-10H2,1-8H3. The zero-order chi connectivity index (χ0) is 21.2. The van der Waals surface area contributed by atoms with Gasteiger partial charge >= 0.3 is 23.9 Å². The van der Waals surface area contributed by atoms with E-state index in [1.165, 1.54) is 14.2 Å². The highest BCUT2D eigenvalue weighted by Gasteiger charge is 2.55. The fraction of sp³-hybridized carbons (Fsp3) is 0.684. The van der Waals surface area contributed by atoms with Crippen molar-refractivity contribution in [1.82, 2.24) is 0 Å². The molecule has 0 unspecified atom stereocenters. The molecule has 0 N–H and O–H groups in total. The second kappa shape index (κ2) is 7.70. The van der Waals surface area contributed by atoms with Gasteiger partial charge in [0, 0.05) is 5.41 Å². The smallest absolute Gasteiger partial charge is 0.335 e. The molecule has 0 amide bonds. The predicted octanol–water partition coefficient (Wildman–Crippen LogP) is 1.81. The van der Waals surface area contributed by atoms with Crippen molar-refractivity contribution < 1.29 is 38.1 Å². The maximum Gasteiger partial charge on any atom is 0.335 e. The van der Waals surface area contributed by atoms with Gasteiger partial charge < -0.3 is 18.9 Å². The van der Waals surface area contributed by atoms with Gasteiger partial charge in [0.1, 0.15) is 13.2 Å². The van der Waals surface area contributed by atoms with Crippen LogP contribution in [-0.4, -0.2) is 51.3 Å². The summed E-state index contributed by atoms with van der Waals surface area (Å²) in [6.45, 7) is 9.36. The van der Waals surface area contributed by atoms with E-state index in [4.69, 9.17) is 9.47 Å². The molecule has 1 aliphatic carbocycles. The normalized spacial score (nSPS) is 15.7. The van der Waals surface area contributed by atoms with E-state index in [0.717, 1.165) is 0 Å². The lowest BCUT2D eigenvalue weighted by atomic mass is 9.95. The van der Waals surface area contributed by atoms with Crippen LogP contribution < -0.4 is 0 Å². The van der Waals surface area contributed by atoms with Crippen LogP contribution in [0.4, 0.5) is 0 Å². The van der Waals surface area contributed by atoms with Crippen LogP contribution in [0.15, 0.2) is 11.1 Å². The molecule has 0 aromatic rings. The quantitative estimate of drug-likeness (QED) is 0.461. The Morgan fingerprint density at radius 3 is 1.30 bits per heavy atom. The molecule has 0 bridgehead atoms. The zero-order valence-corrected chi connectivity index (χ0v) is 17.2. The second-order valence-electron chi connectivity index (χ2n) is 8.28. The first-order valence-corrected chi connectivity index (χ1v) is 8.48. The topological polar surface area (TPSA) is 105 Å². The van der Waals surface area contributed by atoms with Crippen molar-refractivity contribution in [1.29, 1.82) is 0 Å². The van der Waals surface area contributed by atoms with Gasteiger partial charge in [-0.1, -0.05) is 13.8 Å². The van der Waals surface area contributed by atoms with Crippen molar-refractivity contribution in [2.24, 2.45) is 16.2 Å². The van der Waals surface area contributed by atoms with Crippen LogP contribution in [0, 0.1) is 16.2 Å². The fourth-order valence-electron chi connectivity index (χ4n) is 2.49. The van der Waals surface area contributed by atoms with E-state index >= 15 is 0 Å². The van der Waals surface area contributed by atoms with Gasteiger partial charge in [-0.05, 0) is 27.7 Å². The van der Waals surface area contributed by atoms with E-state index in [2.05, 4.69) is 9.47 Å². The van der Waals surface area contributed by atoms with Gasteiger partial charge in [-0.3, -0.25) is 9.59 Å². The third-order valence-corrected chi connectivity index (χ3v) is 4.45. The molecule has 8 heteroatoms. The van der Waals surface area contributed by atoms with Crippen molar-refractivity contribution in [3.63, 3.8) is 0 Å². The van der Waals surface area contributed by atoms with Gasteiger partial charge in [0.2, 0.25) is 0 Å². The number of methoxy groups -OCH3 is 2. The average molecular weight is 384 g/mol. The van der Waals surface area contributed by atoms with Crippen molar-refractivity contribution in [2.45, 2.75) is 41.5 Å². The predicted molar refractivity (Wildman–Crippen MR) is 94.3 cm³/mol. The van der Waals surface area contributed by atoms with E-state index in [1.807, 2.05) is 0 Å². The van der Waals surface area contributed by atoms with Crippen molar-refractivity contribution >= 4 is 23.9 Å². The minimum Gasteiger partial charge on any atom is -0.469 e. The van der Waals surface area contributed by atoms with E-state index < -0.39 is 40.1 Å².